The van der Waals surface area contributed by atoms with Crippen molar-refractivity contribution in [2.45, 2.75) is 13.3 Å². The molecule has 1 heteroatoms. The van der Waals surface area contributed by atoms with E-state index in [0.29, 0.717) is 5.41 Å². The second-order valence-electron chi connectivity index (χ2n) is 3.71. The lowest BCUT2D eigenvalue weighted by Gasteiger charge is -2.14. The van der Waals surface area contributed by atoms with Gasteiger partial charge in [-0.25, -0.2) is 0 Å². The molecule has 0 aromatic heterocycles. The van der Waals surface area contributed by atoms with Crippen LogP contribution in [0.5, 0.6) is 0 Å². The highest BCUT2D eigenvalue weighted by Gasteiger charge is 2.52. The fraction of sp³-hybridized carbons (Fsp3) is 0.455. The van der Waals surface area contributed by atoms with E-state index >= 15 is 0 Å². The summed E-state index contributed by atoms with van der Waals surface area (Å²) in [5, 5.41) is 3.06. The highest BCUT2D eigenvalue weighted by molar-refractivity contribution is 5.40. The predicted molar refractivity (Wildman–Crippen MR) is 51.6 cm³/mol. The molecule has 2 atom stereocenters. The summed E-state index contributed by atoms with van der Waals surface area (Å²) >= 11 is 0. The van der Waals surface area contributed by atoms with Gasteiger partial charge >= 0.3 is 0 Å². The largest absolute Gasteiger partial charge is 0.394 e. The van der Waals surface area contributed by atoms with Gasteiger partial charge in [-0.3, -0.25) is 0 Å². The first kappa shape index (κ1) is 7.66. The Balaban J connectivity index is 2.20. The van der Waals surface area contributed by atoms with Gasteiger partial charge in [-0.15, -0.1) is 0 Å². The highest BCUT2D eigenvalue weighted by atomic mass is 14.8. The van der Waals surface area contributed by atoms with Gasteiger partial charge in [0.15, 0.2) is 0 Å². The van der Waals surface area contributed by atoms with Crippen molar-refractivity contribution in [1.82, 2.24) is 5.32 Å². The third-order valence-electron chi connectivity index (χ3n) is 3.03. The van der Waals surface area contributed by atoms with Crippen LogP contribution in [0.3, 0.4) is 0 Å². The summed E-state index contributed by atoms with van der Waals surface area (Å²) < 4.78 is 0. The summed E-state index contributed by atoms with van der Waals surface area (Å²) in [5.41, 5.74) is 1.89. The third kappa shape index (κ3) is 0.927. The number of hydrogen-bond donors (Lipinski definition) is 1. The number of nitrogens with one attached hydrogen (secondary N) is 1. The minimum absolute atomic E-state index is 0.387. The van der Waals surface area contributed by atoms with E-state index in [-0.39, 0.29) is 0 Å². The van der Waals surface area contributed by atoms with Gasteiger partial charge in [0.25, 0.3) is 0 Å². The molecule has 1 nitrogen and oxygen atoms in total. The van der Waals surface area contributed by atoms with Gasteiger partial charge in [-0.05, 0) is 25.5 Å². The molecule has 0 spiro atoms. The van der Waals surface area contributed by atoms with Crippen molar-refractivity contribution >= 4 is 0 Å². The van der Waals surface area contributed by atoms with Crippen LogP contribution in [0.25, 0.3) is 0 Å². The van der Waals surface area contributed by atoms with Crippen molar-refractivity contribution in [2.24, 2.45) is 11.3 Å². The van der Waals surface area contributed by atoms with Crippen molar-refractivity contribution in [1.29, 1.82) is 0 Å². The summed E-state index contributed by atoms with van der Waals surface area (Å²) in [4.78, 5) is 0. The fourth-order valence-corrected chi connectivity index (χ4v) is 2.04. The summed E-state index contributed by atoms with van der Waals surface area (Å²) in [5.74, 6) is 0.770. The number of fused-ring (bicyclic) bond motifs is 1. The third-order valence-corrected chi connectivity index (χ3v) is 3.03. The van der Waals surface area contributed by atoms with Crippen LogP contribution in [0.2, 0.25) is 0 Å². The van der Waals surface area contributed by atoms with Gasteiger partial charge in [0.2, 0.25) is 0 Å². The summed E-state index contributed by atoms with van der Waals surface area (Å²) in [6.07, 6.45) is 12.4. The molecule has 0 aromatic carbocycles. The van der Waals surface area contributed by atoms with Crippen LogP contribution in [-0.4, -0.2) is 7.05 Å². The molecular formula is C11H15N. The average Bonchev–Trinajstić information content (AvgIpc) is 2.78. The van der Waals surface area contributed by atoms with Crippen LogP contribution >= 0.6 is 0 Å². The number of hydrogen-bond acceptors (Lipinski definition) is 1. The molecule has 2 aliphatic carbocycles. The monoisotopic (exact) mass is 161 g/mol. The Bertz CT molecular complexity index is 273. The Morgan fingerprint density at radius 2 is 2.50 bits per heavy atom. The zero-order valence-corrected chi connectivity index (χ0v) is 7.67. The molecule has 0 radical (unpaired) electrons. The molecule has 0 saturated heterocycles. The van der Waals surface area contributed by atoms with Crippen molar-refractivity contribution in [3.8, 4) is 0 Å². The first-order valence-electron chi connectivity index (χ1n) is 4.50. The van der Waals surface area contributed by atoms with Crippen LogP contribution in [0, 0.1) is 11.3 Å². The van der Waals surface area contributed by atoms with Gasteiger partial charge in [0, 0.05) is 12.5 Å². The summed E-state index contributed by atoms with van der Waals surface area (Å²) in [6, 6.07) is 0. The predicted octanol–water partition coefficient (Wildman–Crippen LogP) is 2.24. The topological polar surface area (TPSA) is 12.0 Å². The van der Waals surface area contributed by atoms with Crippen LogP contribution in [0.15, 0.2) is 36.1 Å². The standard InChI is InChI=1S/C11H15N/c1-9-4-3-5-10-8-11(9,10)6-7-12-2/h3-7,10,12H,8H2,1-2H3/b7-6-. The van der Waals surface area contributed by atoms with E-state index in [2.05, 4.69) is 42.7 Å². The van der Waals surface area contributed by atoms with E-state index in [4.69, 9.17) is 0 Å². The van der Waals surface area contributed by atoms with Gasteiger partial charge in [0.05, 0.1) is 0 Å². The van der Waals surface area contributed by atoms with E-state index in [1.54, 1.807) is 0 Å². The molecule has 0 amide bonds. The minimum Gasteiger partial charge on any atom is -0.394 e. The van der Waals surface area contributed by atoms with Crippen molar-refractivity contribution in [3.05, 3.63) is 36.1 Å². The first-order valence-corrected chi connectivity index (χ1v) is 4.50. The molecule has 1 N–H and O–H groups in total. The maximum absolute atomic E-state index is 3.06. The molecule has 1 fully saturated rings. The van der Waals surface area contributed by atoms with Gasteiger partial charge in [0.1, 0.15) is 0 Å². The van der Waals surface area contributed by atoms with Gasteiger partial charge < -0.3 is 5.32 Å². The van der Waals surface area contributed by atoms with Crippen LogP contribution in [0.4, 0.5) is 0 Å². The van der Waals surface area contributed by atoms with Crippen molar-refractivity contribution < 1.29 is 0 Å². The maximum atomic E-state index is 3.06. The van der Waals surface area contributed by atoms with E-state index in [1.165, 1.54) is 12.0 Å². The second-order valence-corrected chi connectivity index (χ2v) is 3.71. The Morgan fingerprint density at radius 1 is 1.67 bits per heavy atom. The number of rotatable bonds is 2. The molecule has 0 bridgehead atoms. The number of allylic oxidation sites excluding steroid dienone is 5. The zero-order valence-electron chi connectivity index (χ0n) is 7.67. The SMILES string of the molecule is CN/C=C\C12CC1C=CC=C2C. The molecule has 2 aliphatic rings. The fourth-order valence-electron chi connectivity index (χ4n) is 2.04. The molecule has 64 valence electrons. The highest BCUT2D eigenvalue weighted by Crippen LogP contribution is 2.60. The van der Waals surface area contributed by atoms with Gasteiger partial charge in [-0.2, -0.15) is 0 Å². The second kappa shape index (κ2) is 2.51. The lowest BCUT2D eigenvalue weighted by atomic mass is 9.91. The minimum atomic E-state index is 0.387. The summed E-state index contributed by atoms with van der Waals surface area (Å²) in [6.45, 7) is 2.23. The Labute approximate surface area is 73.9 Å². The lowest BCUT2D eigenvalue weighted by molar-refractivity contribution is 0.717. The zero-order chi connectivity index (χ0) is 8.60. The normalized spacial score (nSPS) is 37.8. The van der Waals surface area contributed by atoms with Crippen LogP contribution < -0.4 is 5.32 Å². The summed E-state index contributed by atoms with van der Waals surface area (Å²) in [7, 11) is 1.95. The van der Waals surface area contributed by atoms with Crippen LogP contribution in [0.1, 0.15) is 13.3 Å². The van der Waals surface area contributed by atoms with Crippen molar-refractivity contribution in [2.75, 3.05) is 7.05 Å². The Morgan fingerprint density at radius 3 is 3.17 bits per heavy atom. The van der Waals surface area contributed by atoms with Gasteiger partial charge in [-0.1, -0.05) is 29.9 Å². The molecule has 1 saturated carbocycles. The Hall–Kier alpha value is -0.980. The Kier molecular flexibility index (Phi) is 1.60. The van der Waals surface area contributed by atoms with E-state index in [1.807, 2.05) is 7.05 Å². The molecule has 12 heavy (non-hydrogen) atoms. The average molecular weight is 161 g/mol. The molecule has 0 aliphatic heterocycles. The molecular weight excluding hydrogens is 146 g/mol. The van der Waals surface area contributed by atoms with E-state index < -0.39 is 0 Å². The molecule has 0 heterocycles. The molecule has 0 aromatic rings. The molecule has 2 rings (SSSR count). The first-order chi connectivity index (χ1) is 5.79. The van der Waals surface area contributed by atoms with Crippen LogP contribution in [-0.2, 0) is 0 Å². The lowest BCUT2D eigenvalue weighted by Crippen LogP contribution is -2.05. The van der Waals surface area contributed by atoms with Crippen molar-refractivity contribution in [3.63, 3.8) is 0 Å². The maximum Gasteiger partial charge on any atom is 0.0177 e. The smallest absolute Gasteiger partial charge is 0.0177 e. The van der Waals surface area contributed by atoms with E-state index in [9.17, 15) is 0 Å². The molecule has 2 unspecified atom stereocenters. The quantitative estimate of drug-likeness (QED) is 0.655. The van der Waals surface area contributed by atoms with E-state index in [0.717, 1.165) is 5.92 Å².